The zero-order chi connectivity index (χ0) is 20.4. The molecule has 29 heavy (non-hydrogen) atoms. The van der Waals surface area contributed by atoms with Crippen molar-refractivity contribution in [2.24, 2.45) is 5.92 Å². The van der Waals surface area contributed by atoms with Crippen LogP contribution in [-0.2, 0) is 11.2 Å². The fraction of sp³-hybridized carbons (Fsp3) is 0.476. The molecule has 2 saturated heterocycles. The summed E-state index contributed by atoms with van der Waals surface area (Å²) in [5.74, 6) is 0.292. The second kappa shape index (κ2) is 8.23. The fourth-order valence-electron chi connectivity index (χ4n) is 4.12. The molecular formula is C21H25FN4O3. The molecule has 2 fully saturated rings. The van der Waals surface area contributed by atoms with Crippen molar-refractivity contribution in [2.45, 2.75) is 32.2 Å². The SMILES string of the molecule is CCCc1cc(C(=O)N2CC[C@H]3[C@@H](C2)CN3C(=O)COc2ccc(F)cc2)n[nH]1. The Labute approximate surface area is 168 Å². The summed E-state index contributed by atoms with van der Waals surface area (Å²) in [5, 5.41) is 7.08. The van der Waals surface area contributed by atoms with E-state index in [0.29, 0.717) is 31.1 Å². The summed E-state index contributed by atoms with van der Waals surface area (Å²) in [7, 11) is 0. The lowest BCUT2D eigenvalue weighted by atomic mass is 9.82. The molecule has 0 saturated carbocycles. The van der Waals surface area contributed by atoms with Crippen molar-refractivity contribution in [2.75, 3.05) is 26.2 Å². The number of nitrogens with one attached hydrogen (secondary N) is 1. The number of carbonyl (C=O) groups is 2. The number of carbonyl (C=O) groups excluding carboxylic acids is 2. The summed E-state index contributed by atoms with van der Waals surface area (Å²) in [6.45, 7) is 3.90. The van der Waals surface area contributed by atoms with Gasteiger partial charge in [-0.1, -0.05) is 13.3 Å². The molecule has 4 rings (SSSR count). The van der Waals surface area contributed by atoms with E-state index in [1.54, 1.807) is 0 Å². The van der Waals surface area contributed by atoms with Gasteiger partial charge >= 0.3 is 0 Å². The lowest BCUT2D eigenvalue weighted by Gasteiger charge is -2.53. The first kappa shape index (κ1) is 19.4. The van der Waals surface area contributed by atoms with Gasteiger partial charge in [-0.15, -0.1) is 0 Å². The number of nitrogens with zero attached hydrogens (tertiary/aromatic N) is 3. The van der Waals surface area contributed by atoms with Gasteiger partial charge in [-0.3, -0.25) is 14.7 Å². The van der Waals surface area contributed by atoms with Crippen LogP contribution >= 0.6 is 0 Å². The molecule has 2 atom stereocenters. The highest BCUT2D eigenvalue weighted by molar-refractivity contribution is 5.92. The number of aromatic amines is 1. The van der Waals surface area contributed by atoms with Crippen LogP contribution in [0.2, 0.25) is 0 Å². The minimum atomic E-state index is -0.341. The average Bonchev–Trinajstić information content (AvgIpc) is 3.17. The maximum Gasteiger partial charge on any atom is 0.274 e. The van der Waals surface area contributed by atoms with E-state index in [9.17, 15) is 14.0 Å². The number of benzene rings is 1. The maximum atomic E-state index is 12.9. The van der Waals surface area contributed by atoms with E-state index >= 15 is 0 Å². The van der Waals surface area contributed by atoms with Gasteiger partial charge in [0.1, 0.15) is 17.3 Å². The predicted octanol–water partition coefficient (Wildman–Crippen LogP) is 2.25. The molecular weight excluding hydrogens is 375 g/mol. The Balaban J connectivity index is 1.27. The van der Waals surface area contributed by atoms with E-state index < -0.39 is 0 Å². The molecule has 0 aliphatic carbocycles. The molecule has 2 aliphatic heterocycles. The topological polar surface area (TPSA) is 78.5 Å². The maximum absolute atomic E-state index is 12.9. The van der Waals surface area contributed by atoms with Crippen molar-refractivity contribution in [1.82, 2.24) is 20.0 Å². The first-order valence-electron chi connectivity index (χ1n) is 10.1. The zero-order valence-electron chi connectivity index (χ0n) is 16.4. The molecule has 1 N–H and O–H groups in total. The Bertz CT molecular complexity index is 882. The van der Waals surface area contributed by atoms with Crippen LogP contribution in [0.1, 0.15) is 35.9 Å². The number of amides is 2. The summed E-state index contributed by atoms with van der Waals surface area (Å²) in [4.78, 5) is 28.8. The standard InChI is InChI=1S/C21H25FN4O3/c1-2-3-16-10-18(24-23-16)21(28)25-9-8-19-14(11-25)12-26(19)20(27)13-29-17-6-4-15(22)5-7-17/h4-7,10,14,19H,2-3,8-9,11-13H2,1H3,(H,23,24)/t14-,19-/m0/s1. The molecule has 1 aromatic carbocycles. The number of ether oxygens (including phenoxy) is 1. The molecule has 1 aromatic heterocycles. The average molecular weight is 400 g/mol. The molecule has 3 heterocycles. The first-order valence-corrected chi connectivity index (χ1v) is 10.1. The van der Waals surface area contributed by atoms with Crippen LogP contribution < -0.4 is 4.74 Å². The van der Waals surface area contributed by atoms with E-state index in [-0.39, 0.29) is 36.2 Å². The zero-order valence-corrected chi connectivity index (χ0v) is 16.4. The van der Waals surface area contributed by atoms with Gasteiger partial charge in [0.2, 0.25) is 0 Å². The third-order valence-electron chi connectivity index (χ3n) is 5.68. The molecule has 154 valence electrons. The van der Waals surface area contributed by atoms with Crippen molar-refractivity contribution in [3.63, 3.8) is 0 Å². The molecule has 0 radical (unpaired) electrons. The van der Waals surface area contributed by atoms with Crippen LogP contribution in [0, 0.1) is 11.7 Å². The largest absolute Gasteiger partial charge is 0.484 e. The molecule has 2 aliphatic rings. The number of hydrogen-bond donors (Lipinski definition) is 1. The summed E-state index contributed by atoms with van der Waals surface area (Å²) < 4.78 is 18.4. The number of fused-ring (bicyclic) bond motifs is 1. The van der Waals surface area contributed by atoms with Gasteiger partial charge in [-0.25, -0.2) is 4.39 Å². The van der Waals surface area contributed by atoms with Crippen LogP contribution in [0.4, 0.5) is 4.39 Å². The van der Waals surface area contributed by atoms with Crippen LogP contribution in [-0.4, -0.2) is 64.1 Å². The van der Waals surface area contributed by atoms with Crippen LogP contribution in [0.15, 0.2) is 30.3 Å². The van der Waals surface area contributed by atoms with Crippen molar-refractivity contribution >= 4 is 11.8 Å². The summed E-state index contributed by atoms with van der Waals surface area (Å²) in [5.41, 5.74) is 1.44. The number of H-pyrrole nitrogens is 1. The lowest BCUT2D eigenvalue weighted by Crippen LogP contribution is -2.66. The second-order valence-electron chi connectivity index (χ2n) is 7.68. The van der Waals surface area contributed by atoms with Crippen LogP contribution in [0.25, 0.3) is 0 Å². The van der Waals surface area contributed by atoms with Gasteiger partial charge in [0.25, 0.3) is 11.8 Å². The highest BCUT2D eigenvalue weighted by Gasteiger charge is 2.45. The van der Waals surface area contributed by atoms with E-state index in [1.165, 1.54) is 24.3 Å². The Hall–Kier alpha value is -2.90. The third kappa shape index (κ3) is 4.11. The molecule has 0 bridgehead atoms. The van der Waals surface area contributed by atoms with Crippen molar-refractivity contribution in [3.8, 4) is 5.75 Å². The number of piperidine rings is 1. The fourth-order valence-corrected chi connectivity index (χ4v) is 4.12. The number of aromatic nitrogens is 2. The van der Waals surface area contributed by atoms with Gasteiger partial charge in [-0.2, -0.15) is 5.10 Å². The normalized spacial score (nSPS) is 20.8. The monoisotopic (exact) mass is 400 g/mol. The highest BCUT2D eigenvalue weighted by Crippen LogP contribution is 2.33. The summed E-state index contributed by atoms with van der Waals surface area (Å²) >= 11 is 0. The first-order chi connectivity index (χ1) is 14.0. The summed E-state index contributed by atoms with van der Waals surface area (Å²) in [6, 6.07) is 7.60. The number of likely N-dealkylation sites (tertiary alicyclic amines) is 2. The van der Waals surface area contributed by atoms with Gasteiger partial charge in [0.15, 0.2) is 6.61 Å². The third-order valence-corrected chi connectivity index (χ3v) is 5.68. The summed E-state index contributed by atoms with van der Waals surface area (Å²) in [6.07, 6.45) is 2.63. The van der Waals surface area contributed by atoms with Crippen molar-refractivity contribution in [3.05, 3.63) is 47.5 Å². The van der Waals surface area contributed by atoms with E-state index in [4.69, 9.17) is 4.74 Å². The van der Waals surface area contributed by atoms with E-state index in [0.717, 1.165) is 25.0 Å². The van der Waals surface area contributed by atoms with Crippen LogP contribution in [0.3, 0.4) is 0 Å². The Kier molecular flexibility index (Phi) is 5.51. The van der Waals surface area contributed by atoms with Crippen LogP contribution in [0.5, 0.6) is 5.75 Å². The van der Waals surface area contributed by atoms with Crippen molar-refractivity contribution < 1.29 is 18.7 Å². The lowest BCUT2D eigenvalue weighted by molar-refractivity contribution is -0.149. The second-order valence-corrected chi connectivity index (χ2v) is 7.68. The molecule has 2 aromatic rings. The highest BCUT2D eigenvalue weighted by atomic mass is 19.1. The van der Waals surface area contributed by atoms with E-state index in [2.05, 4.69) is 17.1 Å². The van der Waals surface area contributed by atoms with E-state index in [1.807, 2.05) is 15.9 Å². The number of aryl methyl sites for hydroxylation is 1. The quantitative estimate of drug-likeness (QED) is 0.807. The minimum absolute atomic E-state index is 0.0496. The minimum Gasteiger partial charge on any atom is -0.484 e. The number of halogens is 1. The van der Waals surface area contributed by atoms with Gasteiger partial charge in [0, 0.05) is 37.3 Å². The number of rotatable bonds is 6. The molecule has 8 heteroatoms. The molecule has 7 nitrogen and oxygen atoms in total. The van der Waals surface area contributed by atoms with Gasteiger partial charge < -0.3 is 14.5 Å². The molecule has 0 unspecified atom stereocenters. The van der Waals surface area contributed by atoms with Crippen molar-refractivity contribution in [1.29, 1.82) is 0 Å². The number of hydrogen-bond acceptors (Lipinski definition) is 4. The van der Waals surface area contributed by atoms with Gasteiger partial charge in [-0.05, 0) is 43.2 Å². The molecule has 0 spiro atoms. The molecule has 2 amide bonds. The predicted molar refractivity (Wildman–Crippen MR) is 104 cm³/mol. The Morgan fingerprint density at radius 2 is 2.07 bits per heavy atom. The Morgan fingerprint density at radius 3 is 2.79 bits per heavy atom. The Morgan fingerprint density at radius 1 is 1.28 bits per heavy atom. The van der Waals surface area contributed by atoms with Gasteiger partial charge in [0.05, 0.1) is 0 Å². The smallest absolute Gasteiger partial charge is 0.274 e.